The Hall–Kier alpha value is -1.93. The molecule has 0 bridgehead atoms. The van der Waals surface area contributed by atoms with Crippen LogP contribution in [0.15, 0.2) is 29.2 Å². The van der Waals surface area contributed by atoms with Crippen molar-refractivity contribution in [3.05, 3.63) is 29.8 Å². The highest BCUT2D eigenvalue weighted by Gasteiger charge is 2.43. The lowest BCUT2D eigenvalue weighted by Crippen LogP contribution is -2.37. The van der Waals surface area contributed by atoms with E-state index in [0.717, 1.165) is 5.56 Å². The zero-order chi connectivity index (χ0) is 19.3. The fraction of sp³-hybridized carbons (Fsp3) is 0.556. The second-order valence-electron chi connectivity index (χ2n) is 6.21. The molecule has 2 rings (SSSR count). The molecule has 1 aromatic rings. The lowest BCUT2D eigenvalue weighted by atomic mass is 9.91. The van der Waals surface area contributed by atoms with E-state index in [2.05, 4.69) is 0 Å². The number of sulfonamides is 1. The number of ether oxygens (including phenoxy) is 2. The largest absolute Gasteiger partial charge is 0.465 e. The summed E-state index contributed by atoms with van der Waals surface area (Å²) < 4.78 is 36.9. The van der Waals surface area contributed by atoms with Crippen LogP contribution >= 0.6 is 0 Å². The van der Waals surface area contributed by atoms with Crippen LogP contribution in [0.4, 0.5) is 0 Å². The van der Waals surface area contributed by atoms with Gasteiger partial charge in [-0.2, -0.15) is 4.31 Å². The Balaban J connectivity index is 2.19. The van der Waals surface area contributed by atoms with Crippen LogP contribution in [0.5, 0.6) is 0 Å². The fourth-order valence-corrected chi connectivity index (χ4v) is 4.56. The van der Waals surface area contributed by atoms with Crippen LogP contribution in [0, 0.1) is 18.8 Å². The van der Waals surface area contributed by atoms with Gasteiger partial charge < -0.3 is 9.47 Å². The van der Waals surface area contributed by atoms with Gasteiger partial charge in [-0.3, -0.25) is 9.59 Å². The van der Waals surface area contributed by atoms with Crippen molar-refractivity contribution in [2.75, 3.05) is 26.3 Å². The minimum Gasteiger partial charge on any atom is -0.465 e. The molecule has 8 heteroatoms. The molecule has 0 radical (unpaired) electrons. The zero-order valence-electron chi connectivity index (χ0n) is 15.3. The van der Waals surface area contributed by atoms with Crippen molar-refractivity contribution in [3.63, 3.8) is 0 Å². The molecule has 1 fully saturated rings. The molecule has 1 atom stereocenters. The summed E-state index contributed by atoms with van der Waals surface area (Å²) in [7, 11) is -3.67. The van der Waals surface area contributed by atoms with Gasteiger partial charge >= 0.3 is 11.9 Å². The number of nitrogens with zero attached hydrogens (tertiary/aromatic N) is 1. The van der Waals surface area contributed by atoms with Gasteiger partial charge in [0.15, 0.2) is 5.92 Å². The topological polar surface area (TPSA) is 90.0 Å². The molecular weight excluding hydrogens is 358 g/mol. The van der Waals surface area contributed by atoms with E-state index in [1.807, 2.05) is 6.92 Å². The van der Waals surface area contributed by atoms with E-state index >= 15 is 0 Å². The first-order chi connectivity index (χ1) is 12.3. The van der Waals surface area contributed by atoms with Gasteiger partial charge in [-0.1, -0.05) is 17.7 Å². The Morgan fingerprint density at radius 2 is 1.65 bits per heavy atom. The first kappa shape index (κ1) is 20.4. The molecule has 1 aromatic carbocycles. The molecule has 0 N–H and O–H groups in total. The molecule has 0 aromatic heterocycles. The molecule has 0 spiro atoms. The van der Waals surface area contributed by atoms with Crippen molar-refractivity contribution in [3.8, 4) is 0 Å². The summed E-state index contributed by atoms with van der Waals surface area (Å²) in [4.78, 5) is 24.6. The minimum absolute atomic E-state index is 0.0819. The quantitative estimate of drug-likeness (QED) is 0.526. The van der Waals surface area contributed by atoms with Gasteiger partial charge in [-0.05, 0) is 45.2 Å². The molecule has 0 amide bonds. The zero-order valence-corrected chi connectivity index (χ0v) is 16.1. The predicted octanol–water partition coefficient (Wildman–Crippen LogP) is 1.75. The summed E-state index contributed by atoms with van der Waals surface area (Å²) in [5, 5.41) is 0. The molecule has 0 aliphatic carbocycles. The van der Waals surface area contributed by atoms with Gasteiger partial charge in [-0.25, -0.2) is 8.42 Å². The molecule has 1 saturated heterocycles. The summed E-state index contributed by atoms with van der Waals surface area (Å²) in [5.41, 5.74) is 0.966. The summed E-state index contributed by atoms with van der Waals surface area (Å²) in [5.74, 6) is -2.89. The van der Waals surface area contributed by atoms with Crippen LogP contribution in [-0.4, -0.2) is 51.0 Å². The number of rotatable bonds is 7. The van der Waals surface area contributed by atoms with Crippen molar-refractivity contribution in [2.24, 2.45) is 11.8 Å². The lowest BCUT2D eigenvalue weighted by Gasteiger charge is -2.21. The maximum Gasteiger partial charge on any atom is 0.320 e. The smallest absolute Gasteiger partial charge is 0.320 e. The maximum absolute atomic E-state index is 12.8. The molecule has 7 nitrogen and oxygen atoms in total. The van der Waals surface area contributed by atoms with Gasteiger partial charge in [0.05, 0.1) is 18.1 Å². The number of hydrogen-bond donors (Lipinski definition) is 0. The maximum atomic E-state index is 12.8. The SMILES string of the molecule is CCOC(=O)C(C(=O)OCC)[C@@H]1CCN(S(=O)(=O)c2ccc(C)cc2)C1. The molecular formula is C18H25NO6S. The highest BCUT2D eigenvalue weighted by atomic mass is 32.2. The molecule has 26 heavy (non-hydrogen) atoms. The van der Waals surface area contributed by atoms with Crippen LogP contribution in [0.1, 0.15) is 25.8 Å². The number of carbonyl (C=O) groups excluding carboxylic acids is 2. The van der Waals surface area contributed by atoms with Crippen molar-refractivity contribution in [1.82, 2.24) is 4.31 Å². The third-order valence-corrected chi connectivity index (χ3v) is 6.28. The van der Waals surface area contributed by atoms with Crippen LogP contribution in [0.3, 0.4) is 0 Å². The van der Waals surface area contributed by atoms with Crippen LogP contribution in [0.25, 0.3) is 0 Å². The van der Waals surface area contributed by atoms with E-state index in [0.29, 0.717) is 6.42 Å². The Morgan fingerprint density at radius 1 is 1.12 bits per heavy atom. The van der Waals surface area contributed by atoms with E-state index in [1.54, 1.807) is 38.1 Å². The average molecular weight is 383 g/mol. The number of carbonyl (C=O) groups is 2. The summed E-state index contributed by atoms with van der Waals surface area (Å²) in [6.07, 6.45) is 0.396. The summed E-state index contributed by atoms with van der Waals surface area (Å²) in [6.45, 7) is 5.81. The Kier molecular flexibility index (Phi) is 6.77. The van der Waals surface area contributed by atoms with Crippen molar-refractivity contribution >= 4 is 22.0 Å². The standard InChI is InChI=1S/C18H25NO6S/c1-4-24-17(20)16(18(21)25-5-2)14-10-11-19(12-14)26(22,23)15-8-6-13(3)7-9-15/h6-9,14,16H,4-5,10-12H2,1-3H3/t14-/m1/s1. The first-order valence-electron chi connectivity index (χ1n) is 8.71. The first-order valence-corrected chi connectivity index (χ1v) is 10.1. The van der Waals surface area contributed by atoms with E-state index in [4.69, 9.17) is 9.47 Å². The fourth-order valence-electron chi connectivity index (χ4n) is 3.05. The summed E-state index contributed by atoms with van der Waals surface area (Å²) >= 11 is 0. The van der Waals surface area contributed by atoms with Crippen molar-refractivity contribution < 1.29 is 27.5 Å². The van der Waals surface area contributed by atoms with Gasteiger partial charge in [-0.15, -0.1) is 0 Å². The Bertz CT molecular complexity index is 725. The molecule has 1 heterocycles. The number of esters is 2. The van der Waals surface area contributed by atoms with E-state index in [-0.39, 0.29) is 31.2 Å². The van der Waals surface area contributed by atoms with Crippen LogP contribution < -0.4 is 0 Å². The van der Waals surface area contributed by atoms with Gasteiger partial charge in [0.2, 0.25) is 10.0 Å². The highest BCUT2D eigenvalue weighted by molar-refractivity contribution is 7.89. The summed E-state index contributed by atoms with van der Waals surface area (Å²) in [6, 6.07) is 6.60. The van der Waals surface area contributed by atoms with Crippen molar-refractivity contribution in [1.29, 1.82) is 0 Å². The van der Waals surface area contributed by atoms with Crippen LogP contribution in [-0.2, 0) is 29.1 Å². The third-order valence-electron chi connectivity index (χ3n) is 4.40. The normalized spacial score (nSPS) is 18.1. The lowest BCUT2D eigenvalue weighted by molar-refractivity contribution is -0.164. The van der Waals surface area contributed by atoms with E-state index < -0.39 is 33.8 Å². The van der Waals surface area contributed by atoms with E-state index in [1.165, 1.54) is 4.31 Å². The monoisotopic (exact) mass is 383 g/mol. The Labute approximate surface area is 154 Å². The molecule has 144 valence electrons. The second kappa shape index (κ2) is 8.64. The molecule has 0 unspecified atom stereocenters. The van der Waals surface area contributed by atoms with Gasteiger partial charge in [0.1, 0.15) is 0 Å². The third kappa shape index (κ3) is 4.42. The number of benzene rings is 1. The minimum atomic E-state index is -3.67. The van der Waals surface area contributed by atoms with Gasteiger partial charge in [0.25, 0.3) is 0 Å². The van der Waals surface area contributed by atoms with Crippen LogP contribution in [0.2, 0.25) is 0 Å². The van der Waals surface area contributed by atoms with Gasteiger partial charge in [0, 0.05) is 13.1 Å². The predicted molar refractivity (Wildman–Crippen MR) is 94.8 cm³/mol. The highest BCUT2D eigenvalue weighted by Crippen LogP contribution is 2.30. The number of aryl methyl sites for hydroxylation is 1. The molecule has 1 aliphatic rings. The second-order valence-corrected chi connectivity index (χ2v) is 8.14. The number of hydrogen-bond acceptors (Lipinski definition) is 6. The molecule has 1 aliphatic heterocycles. The molecule has 0 saturated carbocycles. The van der Waals surface area contributed by atoms with E-state index in [9.17, 15) is 18.0 Å². The average Bonchev–Trinajstić information content (AvgIpc) is 3.06. The Morgan fingerprint density at radius 3 is 2.15 bits per heavy atom. The van der Waals surface area contributed by atoms with Crippen molar-refractivity contribution in [2.45, 2.75) is 32.1 Å².